The number of benzene rings is 1. The summed E-state index contributed by atoms with van der Waals surface area (Å²) in [4.78, 5) is 0. The molecule has 0 N–H and O–H groups in total. The molecule has 0 bridgehead atoms. The summed E-state index contributed by atoms with van der Waals surface area (Å²) >= 11 is -0.372. The largest absolute Gasteiger partial charge is 1.00 e. The summed E-state index contributed by atoms with van der Waals surface area (Å²) in [5.74, 6) is 1.89. The van der Waals surface area contributed by atoms with Gasteiger partial charge in [0.15, 0.2) is 0 Å². The van der Waals surface area contributed by atoms with E-state index in [0.717, 1.165) is 17.1 Å². The second kappa shape index (κ2) is 5.55. The molecule has 4 heteroatoms. The number of ether oxygens (including phenoxy) is 1. The van der Waals surface area contributed by atoms with Crippen molar-refractivity contribution in [1.29, 1.82) is 0 Å². The summed E-state index contributed by atoms with van der Waals surface area (Å²) in [5, 5.41) is 0. The summed E-state index contributed by atoms with van der Waals surface area (Å²) in [7, 11) is 1.67. The molecule has 1 aromatic carbocycles. The molecule has 0 spiro atoms. The van der Waals surface area contributed by atoms with Gasteiger partial charge >= 0.3 is 93.4 Å². The van der Waals surface area contributed by atoms with Gasteiger partial charge in [-0.1, -0.05) is 0 Å². The van der Waals surface area contributed by atoms with E-state index < -0.39 is 0 Å². The predicted octanol–water partition coefficient (Wildman–Crippen LogP) is -0.394. The van der Waals surface area contributed by atoms with E-state index in [1.807, 2.05) is 24.3 Å². The molecule has 2 aromatic rings. The summed E-state index contributed by atoms with van der Waals surface area (Å²) in [6.45, 7) is 2.12. The van der Waals surface area contributed by atoms with Crippen molar-refractivity contribution in [2.75, 3.05) is 7.11 Å². The fourth-order valence-electron chi connectivity index (χ4n) is 1.23. The zero-order valence-electron chi connectivity index (χ0n) is 8.49. The van der Waals surface area contributed by atoms with E-state index in [1.165, 1.54) is 3.58 Å². The second-order valence-electron chi connectivity index (χ2n) is 3.01. The third-order valence-corrected chi connectivity index (χ3v) is 3.81. The van der Waals surface area contributed by atoms with E-state index in [4.69, 9.17) is 7.49 Å². The fourth-order valence-corrected chi connectivity index (χ4v) is 2.72. The zero-order chi connectivity index (χ0) is 9.97. The molecule has 0 radical (unpaired) electrons. The van der Waals surface area contributed by atoms with Gasteiger partial charge in [-0.25, -0.2) is 0 Å². The van der Waals surface area contributed by atoms with Gasteiger partial charge in [-0.15, -0.1) is 0 Å². The van der Waals surface area contributed by atoms with Crippen LogP contribution in [0.1, 0.15) is 3.58 Å². The van der Waals surface area contributed by atoms with Gasteiger partial charge in [-0.3, -0.25) is 0 Å². The number of hydrogen-bond acceptors (Lipinski definition) is 1. The molecule has 1 heterocycles. The van der Waals surface area contributed by atoms with Gasteiger partial charge in [-0.05, 0) is 0 Å². The molecule has 2 rings (SSSR count). The van der Waals surface area contributed by atoms with Crippen LogP contribution in [0.25, 0.3) is 11.3 Å². The molecule has 0 saturated heterocycles. The molecule has 0 unspecified atom stereocenters. The minimum absolute atomic E-state index is 0. The van der Waals surface area contributed by atoms with Gasteiger partial charge < -0.3 is 12.4 Å². The Labute approximate surface area is 105 Å². The maximum Gasteiger partial charge on any atom is -1.00 e. The first-order chi connectivity index (χ1) is 6.79. The van der Waals surface area contributed by atoms with E-state index in [0.29, 0.717) is 0 Å². The Kier molecular flexibility index (Phi) is 4.66. The van der Waals surface area contributed by atoms with Crippen molar-refractivity contribution in [3.8, 4) is 17.1 Å². The van der Waals surface area contributed by atoms with Crippen molar-refractivity contribution < 1.29 is 19.9 Å². The molecule has 0 fully saturated rings. The van der Waals surface area contributed by atoms with E-state index in [1.54, 1.807) is 7.11 Å². The van der Waals surface area contributed by atoms with Crippen LogP contribution >= 0.6 is 0 Å². The van der Waals surface area contributed by atoms with Gasteiger partial charge in [-0.2, -0.15) is 0 Å². The number of methoxy groups -OCH3 is 1. The van der Waals surface area contributed by atoms with Crippen LogP contribution in [0.2, 0.25) is 0 Å². The Balaban J connectivity index is 0.00000112. The molecule has 2 nitrogen and oxygen atoms in total. The van der Waals surface area contributed by atoms with Crippen LogP contribution in [0.15, 0.2) is 33.1 Å². The summed E-state index contributed by atoms with van der Waals surface area (Å²) < 4.78 is 12.1. The third-order valence-electron chi connectivity index (χ3n) is 1.97. The Morgan fingerprint density at radius 1 is 1.20 bits per heavy atom. The van der Waals surface area contributed by atoms with Crippen molar-refractivity contribution in [3.63, 3.8) is 0 Å². The third kappa shape index (κ3) is 2.98. The molecular weight excluding hydrogens is 327 g/mol. The van der Waals surface area contributed by atoms with Crippen LogP contribution in [0.5, 0.6) is 5.75 Å². The number of halogens is 1. The summed E-state index contributed by atoms with van der Waals surface area (Å²) in [5.41, 5.74) is 1.13. The second-order valence-corrected chi connectivity index (χ2v) is 5.80. The van der Waals surface area contributed by atoms with Crippen molar-refractivity contribution >= 4 is 20.9 Å². The topological polar surface area (TPSA) is 20.5 Å². The predicted molar refractivity (Wildman–Crippen MR) is 56.8 cm³/mol. The molecule has 1 aromatic heterocycles. The SMILES string of the molecule is COc1ccc(-c2cc(C)[te][o+]2)cc1.[Cl-]. The molecule has 80 valence electrons. The molecule has 0 amide bonds. The maximum absolute atomic E-state index is 5.64. The molecule has 15 heavy (non-hydrogen) atoms. The van der Waals surface area contributed by atoms with E-state index in [9.17, 15) is 0 Å². The molecule has 0 aliphatic heterocycles. The Morgan fingerprint density at radius 2 is 1.87 bits per heavy atom. The first-order valence-corrected chi connectivity index (χ1v) is 6.45. The molecule has 0 aliphatic carbocycles. The maximum atomic E-state index is 5.64. The minimum Gasteiger partial charge on any atom is -1.00 e. The zero-order valence-corrected chi connectivity index (χ0v) is 11.6. The van der Waals surface area contributed by atoms with Gasteiger partial charge in [0.05, 0.1) is 0 Å². The van der Waals surface area contributed by atoms with Crippen molar-refractivity contribution in [1.82, 2.24) is 0 Å². The van der Waals surface area contributed by atoms with Gasteiger partial charge in [0.1, 0.15) is 0 Å². The Hall–Kier alpha value is -0.490. The average molecular weight is 338 g/mol. The van der Waals surface area contributed by atoms with Crippen molar-refractivity contribution in [2.24, 2.45) is 0 Å². The molecule has 0 atom stereocenters. The van der Waals surface area contributed by atoms with Crippen LogP contribution in [0.3, 0.4) is 0 Å². The summed E-state index contributed by atoms with van der Waals surface area (Å²) in [6, 6.07) is 10.1. The smallest absolute Gasteiger partial charge is 1.00 e. The van der Waals surface area contributed by atoms with Gasteiger partial charge in [0.2, 0.25) is 0 Å². The minimum atomic E-state index is -0.372. The van der Waals surface area contributed by atoms with E-state index in [2.05, 4.69) is 13.0 Å². The molecule has 0 aliphatic rings. The Morgan fingerprint density at radius 3 is 2.33 bits per heavy atom. The summed E-state index contributed by atoms with van der Waals surface area (Å²) in [6.07, 6.45) is 0. The van der Waals surface area contributed by atoms with Crippen LogP contribution in [0.4, 0.5) is 0 Å². The van der Waals surface area contributed by atoms with Crippen LogP contribution in [-0.4, -0.2) is 28.0 Å². The monoisotopic (exact) mass is 340 g/mol. The Bertz CT molecular complexity index is 422. The van der Waals surface area contributed by atoms with E-state index in [-0.39, 0.29) is 33.3 Å². The molecular formula is C11H11ClO2Te. The van der Waals surface area contributed by atoms with Crippen molar-refractivity contribution in [2.45, 2.75) is 6.92 Å². The van der Waals surface area contributed by atoms with Gasteiger partial charge in [0.25, 0.3) is 0 Å². The van der Waals surface area contributed by atoms with Crippen molar-refractivity contribution in [3.05, 3.63) is 33.9 Å². The standard InChI is InChI=1S/C11H11O2Te.ClH/c1-8-7-11(13-14-8)9-3-5-10(12-2)6-4-9;/h3-7H,1-2H3;1H/q+1;/p-1. The van der Waals surface area contributed by atoms with E-state index >= 15 is 0 Å². The quantitative estimate of drug-likeness (QED) is 0.549. The number of aryl methyl sites for hydroxylation is 1. The van der Waals surface area contributed by atoms with Crippen LogP contribution < -0.4 is 17.1 Å². The first-order valence-electron chi connectivity index (χ1n) is 4.34. The normalized spacial score (nSPS) is 9.47. The number of rotatable bonds is 2. The average Bonchev–Trinajstić information content (AvgIpc) is 2.65. The van der Waals surface area contributed by atoms with Crippen LogP contribution in [-0.2, 0) is 0 Å². The number of hydrogen-bond donors (Lipinski definition) is 0. The van der Waals surface area contributed by atoms with Gasteiger partial charge in [0, 0.05) is 0 Å². The molecule has 0 saturated carbocycles. The fraction of sp³-hybridized carbons (Fsp3) is 0.182. The first kappa shape index (κ1) is 12.6. The van der Waals surface area contributed by atoms with Crippen LogP contribution in [0, 0.1) is 6.92 Å².